The van der Waals surface area contributed by atoms with Gasteiger partial charge in [0.1, 0.15) is 4.75 Å². The fraction of sp³-hybridized carbons (Fsp3) is 0.500. The molecular formula is C22H30N2O4S. The molecule has 1 heterocycles. The van der Waals surface area contributed by atoms with Crippen LogP contribution in [0.5, 0.6) is 0 Å². The van der Waals surface area contributed by atoms with Crippen LogP contribution in [-0.2, 0) is 15.6 Å². The van der Waals surface area contributed by atoms with Gasteiger partial charge in [-0.3, -0.25) is 19.1 Å². The number of carbonyl (C=O) groups is 1. The first-order chi connectivity index (χ1) is 13.9. The van der Waals surface area contributed by atoms with Crippen molar-refractivity contribution >= 4 is 22.3 Å². The van der Waals surface area contributed by atoms with Crippen molar-refractivity contribution in [3.63, 3.8) is 0 Å². The molecule has 29 heavy (non-hydrogen) atoms. The normalized spacial score (nSPS) is 17.4. The molecular weight excluding hydrogens is 388 g/mol. The van der Waals surface area contributed by atoms with Gasteiger partial charge in [-0.25, -0.2) is 5.48 Å². The summed E-state index contributed by atoms with van der Waals surface area (Å²) in [4.78, 5) is 14.1. The molecule has 158 valence electrons. The van der Waals surface area contributed by atoms with Crippen molar-refractivity contribution in [1.82, 2.24) is 10.4 Å². The predicted octanol–water partition coefficient (Wildman–Crippen LogP) is 1.93. The summed E-state index contributed by atoms with van der Waals surface area (Å²) in [5, 5.41) is 17.7. The Morgan fingerprint density at radius 3 is 2.62 bits per heavy atom. The number of hydrogen-bond acceptors (Lipinski definition) is 5. The summed E-state index contributed by atoms with van der Waals surface area (Å²) < 4.78 is 10.9. The molecule has 0 fully saturated rings. The molecule has 0 saturated carbocycles. The minimum absolute atomic E-state index is 0.170. The van der Waals surface area contributed by atoms with Crippen molar-refractivity contribution in [1.29, 1.82) is 0 Å². The molecule has 6 nitrogen and oxygen atoms in total. The fourth-order valence-electron chi connectivity index (χ4n) is 3.15. The van der Waals surface area contributed by atoms with Crippen LogP contribution in [0.2, 0.25) is 0 Å². The van der Waals surface area contributed by atoms with Crippen molar-refractivity contribution in [2.24, 2.45) is 0 Å². The molecule has 1 aliphatic heterocycles. The maximum Gasteiger partial charge on any atom is 0.261 e. The number of nitrogens with one attached hydrogen (secondary N) is 1. The first kappa shape index (κ1) is 23.3. The third kappa shape index (κ3) is 6.51. The molecule has 7 heteroatoms. The van der Waals surface area contributed by atoms with Crippen molar-refractivity contribution in [2.45, 2.75) is 37.4 Å². The maximum absolute atomic E-state index is 12.0. The van der Waals surface area contributed by atoms with Crippen molar-refractivity contribution in [3.8, 4) is 11.8 Å². The van der Waals surface area contributed by atoms with E-state index in [1.54, 1.807) is 12.4 Å². The van der Waals surface area contributed by atoms with Crippen LogP contribution in [0.25, 0.3) is 5.57 Å². The van der Waals surface area contributed by atoms with E-state index in [4.69, 9.17) is 10.3 Å². The van der Waals surface area contributed by atoms with Crippen LogP contribution < -0.4 is 5.48 Å². The summed E-state index contributed by atoms with van der Waals surface area (Å²) in [5.74, 6) is 5.56. The van der Waals surface area contributed by atoms with Crippen molar-refractivity contribution in [2.75, 3.05) is 32.5 Å². The van der Waals surface area contributed by atoms with Gasteiger partial charge in [-0.1, -0.05) is 30.0 Å². The van der Waals surface area contributed by atoms with Crippen LogP contribution in [0.15, 0.2) is 30.3 Å². The Morgan fingerprint density at radius 2 is 2.07 bits per heavy atom. The monoisotopic (exact) mass is 418 g/mol. The van der Waals surface area contributed by atoms with Gasteiger partial charge in [-0.05, 0) is 49.5 Å². The first-order valence-electron chi connectivity index (χ1n) is 9.80. The highest BCUT2D eigenvalue weighted by molar-refractivity contribution is 7.86. The van der Waals surface area contributed by atoms with E-state index < -0.39 is 21.5 Å². The number of aliphatic hydroxyl groups is 1. The predicted molar refractivity (Wildman–Crippen MR) is 116 cm³/mol. The van der Waals surface area contributed by atoms with E-state index in [2.05, 4.69) is 34.9 Å². The fourth-order valence-corrected chi connectivity index (χ4v) is 3.84. The van der Waals surface area contributed by atoms with Crippen LogP contribution >= 0.6 is 0 Å². The first-order valence-corrected chi connectivity index (χ1v) is 11.4. The molecule has 2 rings (SSSR count). The van der Waals surface area contributed by atoms with Gasteiger partial charge in [0.05, 0.1) is 0 Å². The van der Waals surface area contributed by atoms with Gasteiger partial charge in [-0.15, -0.1) is 0 Å². The molecule has 1 aromatic rings. The molecule has 0 aromatic heterocycles. The summed E-state index contributed by atoms with van der Waals surface area (Å²) >= 11 is 0. The van der Waals surface area contributed by atoms with E-state index >= 15 is 0 Å². The number of unbranched alkanes of at least 4 members (excludes halogenated alkanes) is 1. The lowest BCUT2D eigenvalue weighted by molar-refractivity contribution is -0.131. The molecule has 2 atom stereocenters. The van der Waals surface area contributed by atoms with Gasteiger partial charge >= 0.3 is 0 Å². The van der Waals surface area contributed by atoms with Crippen molar-refractivity contribution in [3.05, 3.63) is 41.5 Å². The van der Waals surface area contributed by atoms with E-state index in [0.29, 0.717) is 25.8 Å². The second-order valence-corrected chi connectivity index (χ2v) is 9.17. The number of hydroxylamine groups is 1. The average molecular weight is 419 g/mol. The number of hydrogen-bond donors (Lipinski definition) is 3. The molecule has 3 N–H and O–H groups in total. The number of aliphatic hydroxyl groups excluding tert-OH is 1. The Balaban J connectivity index is 1.92. The Hall–Kier alpha value is -1.98. The smallest absolute Gasteiger partial charge is 0.261 e. The van der Waals surface area contributed by atoms with Crippen LogP contribution in [0.4, 0.5) is 0 Å². The summed E-state index contributed by atoms with van der Waals surface area (Å²) in [7, 11) is -1.38. The van der Waals surface area contributed by atoms with E-state index in [-0.39, 0.29) is 6.61 Å². The van der Waals surface area contributed by atoms with E-state index in [9.17, 15) is 9.00 Å². The van der Waals surface area contributed by atoms with E-state index in [0.717, 1.165) is 25.1 Å². The Labute approximate surface area is 175 Å². The second-order valence-electron chi connectivity index (χ2n) is 7.36. The molecule has 0 saturated heterocycles. The van der Waals surface area contributed by atoms with Gasteiger partial charge in [0, 0.05) is 55.3 Å². The lowest BCUT2D eigenvalue weighted by Crippen LogP contribution is -2.48. The summed E-state index contributed by atoms with van der Waals surface area (Å²) in [6, 6.07) is 8.20. The SMILES string of the molecule is CS(=O)C(C)(CCN1CC=C(c2ccc(C#CCCCO)cc2)CC1)C(=O)NO. The summed E-state index contributed by atoms with van der Waals surface area (Å²) in [6.45, 7) is 4.06. The van der Waals surface area contributed by atoms with Gasteiger partial charge < -0.3 is 5.11 Å². The highest BCUT2D eigenvalue weighted by atomic mass is 32.2. The zero-order chi connectivity index (χ0) is 21.3. The zero-order valence-electron chi connectivity index (χ0n) is 17.1. The number of benzene rings is 1. The summed E-state index contributed by atoms with van der Waals surface area (Å²) in [6.07, 6.45) is 6.40. The largest absolute Gasteiger partial charge is 0.396 e. The van der Waals surface area contributed by atoms with Gasteiger partial charge in [0.25, 0.3) is 5.91 Å². The van der Waals surface area contributed by atoms with Crippen LogP contribution in [0.3, 0.4) is 0 Å². The number of amides is 1. The molecule has 0 bridgehead atoms. The highest BCUT2D eigenvalue weighted by Crippen LogP contribution is 2.24. The van der Waals surface area contributed by atoms with E-state index in [1.807, 2.05) is 12.1 Å². The molecule has 1 amide bonds. The molecule has 2 unspecified atom stereocenters. The lowest BCUT2D eigenvalue weighted by Gasteiger charge is -2.31. The number of rotatable bonds is 8. The Bertz CT molecular complexity index is 810. The van der Waals surface area contributed by atoms with Crippen LogP contribution in [0.1, 0.15) is 43.7 Å². The third-order valence-electron chi connectivity index (χ3n) is 5.36. The highest BCUT2D eigenvalue weighted by Gasteiger charge is 2.37. The molecule has 1 aromatic carbocycles. The Kier molecular flexibility index (Phi) is 9.05. The molecule has 1 aliphatic rings. The zero-order valence-corrected chi connectivity index (χ0v) is 17.9. The summed E-state index contributed by atoms with van der Waals surface area (Å²) in [5.41, 5.74) is 5.09. The maximum atomic E-state index is 12.0. The van der Waals surface area contributed by atoms with E-state index in [1.165, 1.54) is 17.4 Å². The second kappa shape index (κ2) is 11.3. The molecule has 0 spiro atoms. The number of nitrogens with zero attached hydrogens (tertiary/aromatic N) is 1. The topological polar surface area (TPSA) is 89.9 Å². The molecule has 0 aliphatic carbocycles. The third-order valence-corrected chi connectivity index (χ3v) is 7.02. The number of carbonyl (C=O) groups excluding carboxylic acids is 1. The van der Waals surface area contributed by atoms with Crippen LogP contribution in [-0.4, -0.2) is 62.6 Å². The van der Waals surface area contributed by atoms with Crippen molar-refractivity contribution < 1.29 is 19.3 Å². The quantitative estimate of drug-likeness (QED) is 0.260. The van der Waals surface area contributed by atoms with Crippen LogP contribution in [0, 0.1) is 11.8 Å². The minimum atomic E-state index is -1.38. The van der Waals surface area contributed by atoms with Gasteiger partial charge in [-0.2, -0.15) is 0 Å². The van der Waals surface area contributed by atoms with Gasteiger partial charge in [0.2, 0.25) is 0 Å². The Morgan fingerprint density at radius 1 is 1.34 bits per heavy atom. The molecule has 0 radical (unpaired) electrons. The minimum Gasteiger partial charge on any atom is -0.396 e. The standard InChI is InChI=1S/C22H30N2O4S/c1-22(29(2)28,21(26)23-27)13-16-24-14-11-20(12-15-24)19-9-7-18(8-10-19)6-4-3-5-17-25/h7-11,25,27H,3,5,12-17H2,1-2H3,(H,23,26). The average Bonchev–Trinajstić information content (AvgIpc) is 2.75. The lowest BCUT2D eigenvalue weighted by atomic mass is 9.98. The van der Waals surface area contributed by atoms with Gasteiger partial charge in [0.15, 0.2) is 0 Å².